The minimum atomic E-state index is -0.192. The molecule has 0 aliphatic carbocycles. The van der Waals surface area contributed by atoms with Gasteiger partial charge >= 0.3 is 0 Å². The van der Waals surface area contributed by atoms with Crippen molar-refractivity contribution < 1.29 is 4.79 Å². The molecule has 0 saturated heterocycles. The van der Waals surface area contributed by atoms with E-state index in [9.17, 15) is 4.79 Å². The third-order valence-corrected chi connectivity index (χ3v) is 3.28. The Balaban J connectivity index is 2.14. The van der Waals surface area contributed by atoms with Crippen molar-refractivity contribution in [3.05, 3.63) is 39.9 Å². The maximum Gasteiger partial charge on any atom is 0.275 e. The molecule has 0 saturated carbocycles. The predicted molar refractivity (Wildman–Crippen MR) is 71.6 cm³/mol. The molecule has 1 heterocycles. The van der Waals surface area contributed by atoms with E-state index in [1.54, 1.807) is 30.6 Å². The van der Waals surface area contributed by atoms with Crippen LogP contribution < -0.4 is 5.73 Å². The van der Waals surface area contributed by atoms with Gasteiger partial charge in [0.25, 0.3) is 5.91 Å². The molecule has 1 amide bonds. The highest BCUT2D eigenvalue weighted by atomic mass is 35.5. The molecule has 0 aliphatic heterocycles. The van der Waals surface area contributed by atoms with Crippen LogP contribution in [0, 0.1) is 0 Å². The summed E-state index contributed by atoms with van der Waals surface area (Å²) in [6, 6.07) is 5.19. The summed E-state index contributed by atoms with van der Waals surface area (Å²) in [6.45, 7) is 0.375. The van der Waals surface area contributed by atoms with Crippen LogP contribution in [-0.4, -0.2) is 27.4 Å². The summed E-state index contributed by atoms with van der Waals surface area (Å²) in [4.78, 5) is 13.5. The second-order valence-electron chi connectivity index (χ2n) is 3.80. The molecule has 94 valence electrons. The molecule has 0 atom stereocenters. The molecule has 1 aromatic carbocycles. The minimum Gasteiger partial charge on any atom is -0.399 e. The normalized spacial score (nSPS) is 10.3. The molecule has 1 aromatic heterocycles. The zero-order valence-electron chi connectivity index (χ0n) is 9.63. The molecular weight excluding hydrogens is 272 g/mol. The molecule has 0 aliphatic rings. The van der Waals surface area contributed by atoms with Crippen LogP contribution >= 0.6 is 23.1 Å². The number of halogens is 1. The predicted octanol–water partition coefficient (Wildman–Crippen LogP) is 2.05. The molecule has 7 heteroatoms. The third-order valence-electron chi connectivity index (χ3n) is 2.40. The Bertz CT molecular complexity index is 558. The van der Waals surface area contributed by atoms with Gasteiger partial charge < -0.3 is 10.6 Å². The maximum absolute atomic E-state index is 12.0. The Morgan fingerprint density at radius 3 is 3.00 bits per heavy atom. The van der Waals surface area contributed by atoms with E-state index in [0.717, 1.165) is 17.1 Å². The van der Waals surface area contributed by atoms with Gasteiger partial charge in [0.2, 0.25) is 0 Å². The molecule has 0 bridgehead atoms. The largest absolute Gasteiger partial charge is 0.399 e. The van der Waals surface area contributed by atoms with E-state index in [1.165, 1.54) is 4.90 Å². The summed E-state index contributed by atoms with van der Waals surface area (Å²) < 4.78 is 3.66. The summed E-state index contributed by atoms with van der Waals surface area (Å²) in [5.74, 6) is -0.192. The van der Waals surface area contributed by atoms with Gasteiger partial charge in [-0.15, -0.1) is 5.10 Å². The first-order valence-corrected chi connectivity index (χ1v) is 6.36. The third kappa shape index (κ3) is 2.77. The number of anilines is 1. The van der Waals surface area contributed by atoms with Crippen LogP contribution in [0.2, 0.25) is 5.02 Å². The number of hydrogen-bond donors (Lipinski definition) is 1. The van der Waals surface area contributed by atoms with Crippen molar-refractivity contribution in [1.29, 1.82) is 0 Å². The van der Waals surface area contributed by atoms with E-state index in [-0.39, 0.29) is 5.91 Å². The van der Waals surface area contributed by atoms with Crippen LogP contribution in [0.15, 0.2) is 23.6 Å². The lowest BCUT2D eigenvalue weighted by Crippen LogP contribution is -2.26. The van der Waals surface area contributed by atoms with Gasteiger partial charge in [0.1, 0.15) is 0 Å². The standard InChI is InChI=1S/C11H11ClN4OS/c1-16(11(17)10-6-18-15-14-10)5-7-4-8(13)2-3-9(7)12/h2-4,6H,5,13H2,1H3. The SMILES string of the molecule is CN(Cc1cc(N)ccc1Cl)C(=O)c1csnn1. The van der Waals surface area contributed by atoms with Gasteiger partial charge in [0, 0.05) is 29.7 Å². The monoisotopic (exact) mass is 282 g/mol. The summed E-state index contributed by atoms with van der Waals surface area (Å²) >= 11 is 7.19. The van der Waals surface area contributed by atoms with Crippen molar-refractivity contribution in [2.75, 3.05) is 12.8 Å². The summed E-state index contributed by atoms with van der Waals surface area (Å²) in [5.41, 5.74) is 7.44. The molecular formula is C11H11ClN4OS. The highest BCUT2D eigenvalue weighted by Crippen LogP contribution is 2.20. The average molecular weight is 283 g/mol. The second-order valence-corrected chi connectivity index (χ2v) is 4.82. The summed E-state index contributed by atoms with van der Waals surface area (Å²) in [5, 5.41) is 5.93. The van der Waals surface area contributed by atoms with Crippen molar-refractivity contribution in [2.45, 2.75) is 6.54 Å². The molecule has 0 fully saturated rings. The molecule has 2 aromatic rings. The number of nitrogens with two attached hydrogens (primary N) is 1. The van der Waals surface area contributed by atoms with Gasteiger partial charge in [-0.2, -0.15) is 0 Å². The zero-order chi connectivity index (χ0) is 13.1. The number of aromatic nitrogens is 2. The number of benzene rings is 1. The first-order chi connectivity index (χ1) is 8.58. The van der Waals surface area contributed by atoms with E-state index >= 15 is 0 Å². The van der Waals surface area contributed by atoms with Crippen LogP contribution in [0.25, 0.3) is 0 Å². The number of hydrogen-bond acceptors (Lipinski definition) is 5. The second kappa shape index (κ2) is 5.32. The van der Waals surface area contributed by atoms with E-state index in [0.29, 0.717) is 22.9 Å². The van der Waals surface area contributed by atoms with Gasteiger partial charge in [-0.1, -0.05) is 16.1 Å². The first-order valence-electron chi connectivity index (χ1n) is 5.14. The fourth-order valence-corrected chi connectivity index (χ4v) is 2.10. The lowest BCUT2D eigenvalue weighted by atomic mass is 10.2. The molecule has 0 spiro atoms. The first kappa shape index (κ1) is 12.8. The fraction of sp³-hybridized carbons (Fsp3) is 0.182. The summed E-state index contributed by atoms with van der Waals surface area (Å²) in [6.07, 6.45) is 0. The number of carbonyl (C=O) groups excluding carboxylic acids is 1. The summed E-state index contributed by atoms with van der Waals surface area (Å²) in [7, 11) is 1.68. The van der Waals surface area contributed by atoms with Crippen molar-refractivity contribution >= 4 is 34.7 Å². The topological polar surface area (TPSA) is 72.1 Å². The minimum absolute atomic E-state index is 0.192. The van der Waals surface area contributed by atoms with Crippen LogP contribution in [0.1, 0.15) is 16.1 Å². The van der Waals surface area contributed by atoms with Gasteiger partial charge in [-0.3, -0.25) is 4.79 Å². The maximum atomic E-state index is 12.0. The van der Waals surface area contributed by atoms with Crippen molar-refractivity contribution in [3.63, 3.8) is 0 Å². The van der Waals surface area contributed by atoms with Gasteiger partial charge in [0.15, 0.2) is 5.69 Å². The Kier molecular flexibility index (Phi) is 3.78. The van der Waals surface area contributed by atoms with Crippen molar-refractivity contribution in [3.8, 4) is 0 Å². The fourth-order valence-electron chi connectivity index (χ4n) is 1.50. The number of carbonyl (C=O) groups is 1. The quantitative estimate of drug-likeness (QED) is 0.875. The number of nitrogens with zero attached hydrogens (tertiary/aromatic N) is 3. The van der Waals surface area contributed by atoms with Gasteiger partial charge in [0.05, 0.1) is 0 Å². The van der Waals surface area contributed by atoms with Crippen LogP contribution in [0.3, 0.4) is 0 Å². The number of nitrogen functional groups attached to an aromatic ring is 1. The Morgan fingerprint density at radius 1 is 1.56 bits per heavy atom. The Morgan fingerprint density at radius 2 is 2.33 bits per heavy atom. The van der Waals surface area contributed by atoms with Crippen molar-refractivity contribution in [2.24, 2.45) is 0 Å². The molecule has 5 nitrogen and oxygen atoms in total. The van der Waals surface area contributed by atoms with E-state index in [1.807, 2.05) is 0 Å². The van der Waals surface area contributed by atoms with Crippen LogP contribution in [0.5, 0.6) is 0 Å². The highest BCUT2D eigenvalue weighted by molar-refractivity contribution is 7.03. The van der Waals surface area contributed by atoms with Gasteiger partial charge in [-0.05, 0) is 35.3 Å². The van der Waals surface area contributed by atoms with E-state index in [4.69, 9.17) is 17.3 Å². The number of rotatable bonds is 3. The average Bonchev–Trinajstić information content (AvgIpc) is 2.86. The van der Waals surface area contributed by atoms with Crippen LogP contribution in [-0.2, 0) is 6.54 Å². The van der Waals surface area contributed by atoms with E-state index < -0.39 is 0 Å². The molecule has 18 heavy (non-hydrogen) atoms. The molecule has 2 rings (SSSR count). The smallest absolute Gasteiger partial charge is 0.275 e. The van der Waals surface area contributed by atoms with Gasteiger partial charge in [-0.25, -0.2) is 0 Å². The number of amides is 1. The lowest BCUT2D eigenvalue weighted by Gasteiger charge is -2.16. The Hall–Kier alpha value is -1.66. The van der Waals surface area contributed by atoms with E-state index in [2.05, 4.69) is 9.59 Å². The molecule has 0 unspecified atom stereocenters. The molecule has 2 N–H and O–H groups in total. The zero-order valence-corrected chi connectivity index (χ0v) is 11.2. The van der Waals surface area contributed by atoms with Crippen molar-refractivity contribution in [1.82, 2.24) is 14.5 Å². The highest BCUT2D eigenvalue weighted by Gasteiger charge is 2.15. The lowest BCUT2D eigenvalue weighted by molar-refractivity contribution is 0.0779. The van der Waals surface area contributed by atoms with Crippen LogP contribution in [0.4, 0.5) is 5.69 Å². The molecule has 0 radical (unpaired) electrons. The Labute approximate surface area is 113 Å².